The zero-order valence-corrected chi connectivity index (χ0v) is 10.0. The smallest absolute Gasteiger partial charge is 0.450 e. The largest absolute Gasteiger partial charge is 0.509 e. The van der Waals surface area contributed by atoms with E-state index < -0.39 is 23.6 Å². The SMILES string of the molecule is CCC1(OC(=O)O)CC(c2cc(F)cc(F)c2)=NO1. The van der Waals surface area contributed by atoms with Gasteiger partial charge in [-0.3, -0.25) is 0 Å². The van der Waals surface area contributed by atoms with Gasteiger partial charge in [0, 0.05) is 18.1 Å². The van der Waals surface area contributed by atoms with Gasteiger partial charge < -0.3 is 14.7 Å². The van der Waals surface area contributed by atoms with E-state index in [-0.39, 0.29) is 24.1 Å². The van der Waals surface area contributed by atoms with E-state index in [2.05, 4.69) is 9.89 Å². The molecule has 1 aliphatic rings. The molecule has 1 aromatic carbocycles. The third-order valence-corrected chi connectivity index (χ3v) is 2.77. The van der Waals surface area contributed by atoms with Crippen LogP contribution in [0, 0.1) is 11.6 Å². The van der Waals surface area contributed by atoms with E-state index >= 15 is 0 Å². The maximum atomic E-state index is 13.1. The van der Waals surface area contributed by atoms with Crippen molar-refractivity contribution in [2.45, 2.75) is 25.6 Å². The minimum atomic E-state index is -1.50. The standard InChI is InChI=1S/C12H11F2NO4/c1-2-12(18-11(16)17)6-10(15-19-12)7-3-8(13)5-9(14)4-7/h3-5H,2,6H2,1H3,(H,16,17). The summed E-state index contributed by atoms with van der Waals surface area (Å²) in [6.07, 6.45) is -1.27. The molecule has 0 saturated carbocycles. The summed E-state index contributed by atoms with van der Waals surface area (Å²) in [6, 6.07) is 2.93. The third kappa shape index (κ3) is 2.81. The van der Waals surface area contributed by atoms with E-state index in [1.54, 1.807) is 6.92 Å². The molecule has 0 aromatic heterocycles. The molecule has 0 spiro atoms. The summed E-state index contributed by atoms with van der Waals surface area (Å²) in [7, 11) is 0. The highest BCUT2D eigenvalue weighted by atomic mass is 19.1. The van der Waals surface area contributed by atoms with Crippen LogP contribution in [0.3, 0.4) is 0 Å². The molecule has 102 valence electrons. The molecule has 0 aliphatic carbocycles. The average Bonchev–Trinajstić information content (AvgIpc) is 2.72. The van der Waals surface area contributed by atoms with E-state index in [9.17, 15) is 13.6 Å². The summed E-state index contributed by atoms with van der Waals surface area (Å²) < 4.78 is 30.9. The van der Waals surface area contributed by atoms with Crippen molar-refractivity contribution in [1.29, 1.82) is 0 Å². The average molecular weight is 271 g/mol. The molecule has 1 N–H and O–H groups in total. The molecule has 0 saturated heterocycles. The number of rotatable bonds is 3. The number of ether oxygens (including phenoxy) is 1. The molecular weight excluding hydrogens is 260 g/mol. The second-order valence-electron chi connectivity index (χ2n) is 4.10. The van der Waals surface area contributed by atoms with Gasteiger partial charge in [-0.1, -0.05) is 12.1 Å². The Morgan fingerprint density at radius 2 is 2.11 bits per heavy atom. The van der Waals surface area contributed by atoms with Crippen molar-refractivity contribution in [2.75, 3.05) is 0 Å². The van der Waals surface area contributed by atoms with E-state index in [4.69, 9.17) is 9.94 Å². The number of carboxylic acid groups (broad SMARTS) is 1. The Morgan fingerprint density at radius 3 is 2.63 bits per heavy atom. The fourth-order valence-corrected chi connectivity index (χ4v) is 1.81. The lowest BCUT2D eigenvalue weighted by Gasteiger charge is -2.22. The van der Waals surface area contributed by atoms with Gasteiger partial charge in [-0.25, -0.2) is 13.6 Å². The molecule has 1 atom stereocenters. The normalized spacial score (nSPS) is 21.7. The number of hydrogen-bond acceptors (Lipinski definition) is 4. The Hall–Kier alpha value is -2.18. The number of hydrogen-bond donors (Lipinski definition) is 1. The minimum Gasteiger partial charge on any atom is -0.450 e. The van der Waals surface area contributed by atoms with Crippen molar-refractivity contribution in [3.63, 3.8) is 0 Å². The molecule has 1 heterocycles. The van der Waals surface area contributed by atoms with Crippen molar-refractivity contribution in [3.8, 4) is 0 Å². The van der Waals surface area contributed by atoms with Gasteiger partial charge >= 0.3 is 6.16 Å². The van der Waals surface area contributed by atoms with E-state index in [0.29, 0.717) is 0 Å². The molecule has 1 aliphatic heterocycles. The van der Waals surface area contributed by atoms with Gasteiger partial charge in [0.1, 0.15) is 11.6 Å². The van der Waals surface area contributed by atoms with E-state index in [1.807, 2.05) is 0 Å². The quantitative estimate of drug-likeness (QED) is 0.858. The highest BCUT2D eigenvalue weighted by Gasteiger charge is 2.42. The maximum absolute atomic E-state index is 13.1. The van der Waals surface area contributed by atoms with Crippen molar-refractivity contribution in [2.24, 2.45) is 5.16 Å². The number of carbonyl (C=O) groups is 1. The van der Waals surface area contributed by atoms with Crippen molar-refractivity contribution < 1.29 is 28.3 Å². The summed E-state index contributed by atoms with van der Waals surface area (Å²) in [6.45, 7) is 1.66. The Bertz CT molecular complexity index is 526. The summed E-state index contributed by atoms with van der Waals surface area (Å²) in [5, 5.41) is 12.3. The van der Waals surface area contributed by atoms with Gasteiger partial charge in [-0.05, 0) is 12.1 Å². The lowest BCUT2D eigenvalue weighted by molar-refractivity contribution is -0.195. The van der Waals surface area contributed by atoms with Crippen molar-refractivity contribution >= 4 is 11.9 Å². The summed E-state index contributed by atoms with van der Waals surface area (Å²) >= 11 is 0. The molecule has 19 heavy (non-hydrogen) atoms. The monoisotopic (exact) mass is 271 g/mol. The second-order valence-corrected chi connectivity index (χ2v) is 4.10. The first kappa shape index (κ1) is 13.3. The van der Waals surface area contributed by atoms with E-state index in [1.165, 1.54) is 0 Å². The Labute approximate surface area is 107 Å². The molecule has 0 bridgehead atoms. The van der Waals surface area contributed by atoms with E-state index in [0.717, 1.165) is 18.2 Å². The fraction of sp³-hybridized carbons (Fsp3) is 0.333. The molecule has 0 amide bonds. The van der Waals surface area contributed by atoms with Crippen LogP contribution in [0.5, 0.6) is 0 Å². The van der Waals surface area contributed by atoms with Gasteiger partial charge in [0.2, 0.25) is 0 Å². The lowest BCUT2D eigenvalue weighted by atomic mass is 10.0. The van der Waals surface area contributed by atoms with Gasteiger partial charge in [0.05, 0.1) is 12.1 Å². The maximum Gasteiger partial charge on any atom is 0.509 e. The number of nitrogens with zero attached hydrogens (tertiary/aromatic N) is 1. The van der Waals surface area contributed by atoms with Crippen LogP contribution in [0.1, 0.15) is 25.3 Å². The number of oxime groups is 1. The Kier molecular flexibility index (Phi) is 3.37. The van der Waals surface area contributed by atoms with Crippen LogP contribution in [0.15, 0.2) is 23.4 Å². The van der Waals surface area contributed by atoms with Crippen LogP contribution in [0.25, 0.3) is 0 Å². The molecule has 0 fully saturated rings. The van der Waals surface area contributed by atoms with Gasteiger partial charge in [0.25, 0.3) is 5.79 Å². The highest BCUT2D eigenvalue weighted by Crippen LogP contribution is 2.31. The van der Waals surface area contributed by atoms with Crippen LogP contribution in [0.2, 0.25) is 0 Å². The molecule has 0 radical (unpaired) electrons. The Morgan fingerprint density at radius 1 is 1.47 bits per heavy atom. The number of halogens is 2. The number of benzene rings is 1. The summed E-state index contributed by atoms with van der Waals surface area (Å²) in [4.78, 5) is 15.6. The van der Waals surface area contributed by atoms with Crippen LogP contribution in [-0.2, 0) is 9.57 Å². The lowest BCUT2D eigenvalue weighted by Crippen LogP contribution is -2.34. The van der Waals surface area contributed by atoms with Gasteiger partial charge in [0.15, 0.2) is 0 Å². The minimum absolute atomic E-state index is 0.00130. The zero-order valence-electron chi connectivity index (χ0n) is 10.0. The summed E-state index contributed by atoms with van der Waals surface area (Å²) in [5.74, 6) is -2.92. The van der Waals surface area contributed by atoms with Crippen LogP contribution < -0.4 is 0 Å². The predicted molar refractivity (Wildman–Crippen MR) is 60.7 cm³/mol. The van der Waals surface area contributed by atoms with Crippen LogP contribution >= 0.6 is 0 Å². The van der Waals surface area contributed by atoms with Gasteiger partial charge in [-0.2, -0.15) is 0 Å². The van der Waals surface area contributed by atoms with Crippen molar-refractivity contribution in [3.05, 3.63) is 35.4 Å². The topological polar surface area (TPSA) is 68.1 Å². The van der Waals surface area contributed by atoms with Gasteiger partial charge in [-0.15, -0.1) is 0 Å². The van der Waals surface area contributed by atoms with Crippen molar-refractivity contribution in [1.82, 2.24) is 0 Å². The molecule has 1 aromatic rings. The first-order valence-corrected chi connectivity index (χ1v) is 5.57. The Balaban J connectivity index is 2.22. The third-order valence-electron chi connectivity index (χ3n) is 2.77. The fourth-order valence-electron chi connectivity index (χ4n) is 1.81. The molecule has 5 nitrogen and oxygen atoms in total. The predicted octanol–water partition coefficient (Wildman–Crippen LogP) is 2.89. The molecular formula is C12H11F2NO4. The molecule has 2 rings (SSSR count). The first-order valence-electron chi connectivity index (χ1n) is 5.57. The molecule has 7 heteroatoms. The zero-order chi connectivity index (χ0) is 14.0. The summed E-state index contributed by atoms with van der Waals surface area (Å²) in [5.41, 5.74) is 0.434. The van der Waals surface area contributed by atoms with Crippen LogP contribution in [-0.4, -0.2) is 22.8 Å². The highest BCUT2D eigenvalue weighted by molar-refractivity contribution is 6.01. The molecule has 1 unspecified atom stereocenters. The first-order chi connectivity index (χ1) is 8.94. The van der Waals surface area contributed by atoms with Crippen LogP contribution in [0.4, 0.5) is 13.6 Å². The second kappa shape index (κ2) is 4.83.